The van der Waals surface area contributed by atoms with E-state index in [1.165, 1.54) is 17.5 Å². The van der Waals surface area contributed by atoms with Crippen molar-refractivity contribution in [1.29, 1.82) is 0 Å². The molecule has 0 aromatic heterocycles. The number of imide groups is 1. The van der Waals surface area contributed by atoms with E-state index in [9.17, 15) is 9.59 Å². The lowest BCUT2D eigenvalue weighted by Crippen LogP contribution is -2.51. The number of carbonyl (C=O) groups excluding carboxylic acids is 2. The average molecular weight is 309 g/mol. The normalized spacial score (nSPS) is 26.4. The molecule has 1 fully saturated rings. The summed E-state index contributed by atoms with van der Waals surface area (Å²) in [6, 6.07) is 5.71. The molecule has 3 rings (SSSR count). The number of benzene rings is 1. The molecule has 94 valence electrons. The predicted molar refractivity (Wildman–Crippen MR) is 70.2 cm³/mol. The molecule has 1 aromatic rings. The van der Waals surface area contributed by atoms with Crippen LogP contribution in [0.2, 0.25) is 0 Å². The summed E-state index contributed by atoms with van der Waals surface area (Å²) in [6.07, 6.45) is 2.05. The van der Waals surface area contributed by atoms with Gasteiger partial charge in [0, 0.05) is 17.9 Å². The third kappa shape index (κ3) is 1.50. The van der Waals surface area contributed by atoms with Crippen molar-refractivity contribution >= 4 is 27.9 Å². The van der Waals surface area contributed by atoms with E-state index < -0.39 is 5.54 Å². The van der Waals surface area contributed by atoms with Crippen molar-refractivity contribution in [2.45, 2.75) is 24.8 Å². The predicted octanol–water partition coefficient (Wildman–Crippen LogP) is 1.86. The van der Waals surface area contributed by atoms with Crippen LogP contribution in [0.1, 0.15) is 17.5 Å². The van der Waals surface area contributed by atoms with E-state index in [1.807, 2.05) is 18.2 Å². The number of nitrogens with zero attached hydrogens (tertiary/aromatic N) is 1. The van der Waals surface area contributed by atoms with Gasteiger partial charge in [0.15, 0.2) is 0 Å². The minimum atomic E-state index is -0.723. The lowest BCUT2D eigenvalue weighted by atomic mass is 9.78. The van der Waals surface area contributed by atoms with Gasteiger partial charge in [-0.15, -0.1) is 0 Å². The number of halogens is 1. The first-order valence-corrected chi connectivity index (χ1v) is 6.69. The summed E-state index contributed by atoms with van der Waals surface area (Å²) in [5.41, 5.74) is 1.67. The Hall–Kier alpha value is -1.36. The van der Waals surface area contributed by atoms with Crippen molar-refractivity contribution in [2.24, 2.45) is 0 Å². The number of nitrogens with one attached hydrogen (secondary N) is 1. The van der Waals surface area contributed by atoms with Gasteiger partial charge in [-0.05, 0) is 30.0 Å². The number of urea groups is 1. The largest absolute Gasteiger partial charge is 0.324 e. The van der Waals surface area contributed by atoms with E-state index in [0.717, 1.165) is 16.5 Å². The van der Waals surface area contributed by atoms with Crippen LogP contribution in [-0.4, -0.2) is 29.4 Å². The molecule has 1 heterocycles. The monoisotopic (exact) mass is 308 g/mol. The van der Waals surface area contributed by atoms with Crippen LogP contribution >= 0.6 is 15.9 Å². The smallest absolute Gasteiger partial charge is 0.323 e. The van der Waals surface area contributed by atoms with E-state index in [4.69, 9.17) is 0 Å². The van der Waals surface area contributed by atoms with Crippen LogP contribution < -0.4 is 5.32 Å². The number of hydrogen-bond donors (Lipinski definition) is 1. The fourth-order valence-electron chi connectivity index (χ4n) is 2.85. The van der Waals surface area contributed by atoms with E-state index in [-0.39, 0.29) is 11.9 Å². The second kappa shape index (κ2) is 3.82. The standard InChI is InChI=1S/C13H13BrN2O2/c1-16-11(17)13(15-12(16)18)6-5-9-8(7-13)3-2-4-10(9)14/h2-4H,5-7H2,1H3,(H,15,18). The maximum atomic E-state index is 12.2. The Kier molecular flexibility index (Phi) is 2.48. The van der Waals surface area contributed by atoms with Gasteiger partial charge in [-0.3, -0.25) is 9.69 Å². The first kappa shape index (κ1) is 11.7. The van der Waals surface area contributed by atoms with Crippen LogP contribution in [0.25, 0.3) is 0 Å². The van der Waals surface area contributed by atoms with Gasteiger partial charge in [0.2, 0.25) is 0 Å². The zero-order chi connectivity index (χ0) is 12.9. The topological polar surface area (TPSA) is 49.4 Å². The van der Waals surface area contributed by atoms with Gasteiger partial charge in [-0.25, -0.2) is 4.79 Å². The first-order valence-electron chi connectivity index (χ1n) is 5.90. The molecule has 5 heteroatoms. The summed E-state index contributed by atoms with van der Waals surface area (Å²) in [7, 11) is 1.53. The Bertz CT molecular complexity index is 558. The Labute approximate surface area is 113 Å². The van der Waals surface area contributed by atoms with E-state index in [2.05, 4.69) is 21.2 Å². The quantitative estimate of drug-likeness (QED) is 0.744. The van der Waals surface area contributed by atoms with Crippen LogP contribution in [0.3, 0.4) is 0 Å². The molecule has 0 bridgehead atoms. The second-order valence-corrected chi connectivity index (χ2v) is 5.79. The number of hydrogen-bond acceptors (Lipinski definition) is 2. The van der Waals surface area contributed by atoms with Gasteiger partial charge in [-0.2, -0.15) is 0 Å². The Morgan fingerprint density at radius 3 is 2.83 bits per heavy atom. The summed E-state index contributed by atoms with van der Waals surface area (Å²) in [4.78, 5) is 25.0. The minimum Gasteiger partial charge on any atom is -0.323 e. The summed E-state index contributed by atoms with van der Waals surface area (Å²) < 4.78 is 1.08. The summed E-state index contributed by atoms with van der Waals surface area (Å²) in [5, 5.41) is 2.85. The fraction of sp³-hybridized carbons (Fsp3) is 0.385. The third-order valence-corrected chi connectivity index (χ3v) is 4.62. The molecule has 4 nitrogen and oxygen atoms in total. The van der Waals surface area contributed by atoms with Crippen LogP contribution in [0.15, 0.2) is 22.7 Å². The van der Waals surface area contributed by atoms with Gasteiger partial charge in [0.1, 0.15) is 5.54 Å². The molecule has 1 aliphatic carbocycles. The van der Waals surface area contributed by atoms with Gasteiger partial charge in [-0.1, -0.05) is 28.1 Å². The maximum Gasteiger partial charge on any atom is 0.324 e. The lowest BCUT2D eigenvalue weighted by molar-refractivity contribution is -0.130. The fourth-order valence-corrected chi connectivity index (χ4v) is 3.45. The van der Waals surface area contributed by atoms with E-state index in [0.29, 0.717) is 12.8 Å². The van der Waals surface area contributed by atoms with Gasteiger partial charge >= 0.3 is 6.03 Å². The molecule has 18 heavy (non-hydrogen) atoms. The highest BCUT2D eigenvalue weighted by atomic mass is 79.9. The van der Waals surface area contributed by atoms with E-state index in [1.54, 1.807) is 0 Å². The summed E-state index contributed by atoms with van der Waals surface area (Å²) >= 11 is 3.54. The molecule has 1 spiro atoms. The number of likely N-dealkylation sites (N-methyl/N-ethyl adjacent to an activating group) is 1. The van der Waals surface area contributed by atoms with Gasteiger partial charge in [0.25, 0.3) is 5.91 Å². The van der Waals surface area contributed by atoms with Crippen molar-refractivity contribution < 1.29 is 9.59 Å². The van der Waals surface area contributed by atoms with Gasteiger partial charge < -0.3 is 5.32 Å². The highest BCUT2D eigenvalue weighted by Gasteiger charge is 2.51. The number of carbonyl (C=O) groups is 2. The number of amides is 3. The van der Waals surface area contributed by atoms with Crippen molar-refractivity contribution in [3.8, 4) is 0 Å². The first-order chi connectivity index (χ1) is 8.53. The molecule has 2 aliphatic rings. The zero-order valence-corrected chi connectivity index (χ0v) is 11.6. The van der Waals surface area contributed by atoms with Crippen LogP contribution in [0, 0.1) is 0 Å². The highest BCUT2D eigenvalue weighted by molar-refractivity contribution is 9.10. The highest BCUT2D eigenvalue weighted by Crippen LogP contribution is 2.35. The summed E-state index contributed by atoms with van der Waals surface area (Å²) in [6.45, 7) is 0. The molecule has 3 amide bonds. The average Bonchev–Trinajstić information content (AvgIpc) is 2.55. The molecule has 1 aromatic carbocycles. The molecular weight excluding hydrogens is 296 g/mol. The Balaban J connectivity index is 2.01. The number of fused-ring (bicyclic) bond motifs is 1. The molecule has 1 saturated heterocycles. The third-order valence-electron chi connectivity index (χ3n) is 3.87. The molecule has 1 unspecified atom stereocenters. The van der Waals surface area contributed by atoms with Crippen LogP contribution in [0.4, 0.5) is 4.79 Å². The lowest BCUT2D eigenvalue weighted by Gasteiger charge is -2.32. The summed E-state index contributed by atoms with van der Waals surface area (Å²) in [5.74, 6) is -0.113. The van der Waals surface area contributed by atoms with Crippen molar-refractivity contribution in [1.82, 2.24) is 10.2 Å². The van der Waals surface area contributed by atoms with Gasteiger partial charge in [0.05, 0.1) is 0 Å². The minimum absolute atomic E-state index is 0.113. The molecule has 0 saturated carbocycles. The van der Waals surface area contributed by atoms with Crippen LogP contribution in [0.5, 0.6) is 0 Å². The van der Waals surface area contributed by atoms with E-state index >= 15 is 0 Å². The molecule has 0 radical (unpaired) electrons. The molecular formula is C13H13BrN2O2. The van der Waals surface area contributed by atoms with Crippen molar-refractivity contribution in [3.63, 3.8) is 0 Å². The SMILES string of the molecule is CN1C(=O)NC2(CCc3c(Br)cccc3C2)C1=O. The molecule has 1 N–H and O–H groups in total. The number of rotatable bonds is 0. The Morgan fingerprint density at radius 2 is 2.17 bits per heavy atom. The van der Waals surface area contributed by atoms with Crippen molar-refractivity contribution in [2.75, 3.05) is 7.05 Å². The second-order valence-electron chi connectivity index (χ2n) is 4.93. The molecule has 1 atom stereocenters. The van der Waals surface area contributed by atoms with Crippen LogP contribution in [-0.2, 0) is 17.6 Å². The zero-order valence-electron chi connectivity index (χ0n) is 10.00. The Morgan fingerprint density at radius 1 is 1.39 bits per heavy atom. The molecule has 1 aliphatic heterocycles. The van der Waals surface area contributed by atoms with Crippen molar-refractivity contribution in [3.05, 3.63) is 33.8 Å². The maximum absolute atomic E-state index is 12.2.